The number of aryl methyl sites for hydroxylation is 1. The van der Waals surface area contributed by atoms with Crippen LogP contribution in [0.5, 0.6) is 0 Å². The normalized spacial score (nSPS) is 16.2. The van der Waals surface area contributed by atoms with E-state index in [0.717, 1.165) is 37.4 Å². The summed E-state index contributed by atoms with van der Waals surface area (Å²) in [4.78, 5) is 23.2. The number of carbonyl (C=O) groups excluding carboxylic acids is 1. The number of amides is 1. The molecular formula is C14H21N3OS. The molecule has 2 rings (SSSR count). The van der Waals surface area contributed by atoms with Gasteiger partial charge in [-0.3, -0.25) is 4.79 Å². The fraction of sp³-hybridized carbons (Fsp3) is 0.643. The molecular weight excluding hydrogens is 258 g/mol. The number of carbonyl (C=O) groups is 1. The average molecular weight is 279 g/mol. The summed E-state index contributed by atoms with van der Waals surface area (Å²) in [5.41, 5.74) is 1.41. The number of nitrogens with zero attached hydrogens (tertiary/aromatic N) is 3. The van der Waals surface area contributed by atoms with Gasteiger partial charge in [0.25, 0.3) is 5.91 Å². The van der Waals surface area contributed by atoms with Crippen LogP contribution in [0.1, 0.15) is 48.8 Å². The average Bonchev–Trinajstić information content (AvgIpc) is 2.66. The number of aromatic nitrogens is 2. The van der Waals surface area contributed by atoms with E-state index in [9.17, 15) is 4.79 Å². The lowest BCUT2D eigenvalue weighted by Crippen LogP contribution is -2.32. The Balaban J connectivity index is 2.17. The first-order valence-corrected chi connectivity index (χ1v) is 7.97. The number of likely N-dealkylation sites (tertiary alicyclic amines) is 1. The minimum atomic E-state index is 0.0605. The lowest BCUT2D eigenvalue weighted by atomic mass is 10.2. The quantitative estimate of drug-likeness (QED) is 0.630. The highest BCUT2D eigenvalue weighted by atomic mass is 32.2. The van der Waals surface area contributed by atoms with E-state index in [1.807, 2.05) is 11.8 Å². The van der Waals surface area contributed by atoms with Gasteiger partial charge in [0.1, 0.15) is 5.69 Å². The standard InChI is InChI=1S/C14H21N3OS/c1-3-19-14-15-11(2)10-12(16-14)13(18)17-8-6-4-5-7-9-17/h10H,3-9H2,1-2H3. The monoisotopic (exact) mass is 279 g/mol. The summed E-state index contributed by atoms with van der Waals surface area (Å²) in [5.74, 6) is 0.978. The third-order valence-electron chi connectivity index (χ3n) is 3.22. The predicted molar refractivity (Wildman–Crippen MR) is 77.5 cm³/mol. The van der Waals surface area contributed by atoms with E-state index >= 15 is 0 Å². The van der Waals surface area contributed by atoms with Gasteiger partial charge in [-0.1, -0.05) is 31.5 Å². The molecule has 2 heterocycles. The fourth-order valence-corrected chi connectivity index (χ4v) is 2.91. The second-order valence-electron chi connectivity index (χ2n) is 4.82. The zero-order valence-electron chi connectivity index (χ0n) is 11.7. The van der Waals surface area contributed by atoms with Gasteiger partial charge in [-0.25, -0.2) is 9.97 Å². The molecule has 1 fully saturated rings. The molecule has 1 aromatic rings. The molecule has 5 heteroatoms. The summed E-state index contributed by atoms with van der Waals surface area (Å²) >= 11 is 1.58. The van der Waals surface area contributed by atoms with Gasteiger partial charge in [-0.15, -0.1) is 0 Å². The molecule has 0 spiro atoms. The Labute approximate surface area is 119 Å². The van der Waals surface area contributed by atoms with Crippen molar-refractivity contribution in [3.05, 3.63) is 17.5 Å². The Kier molecular flexibility index (Phi) is 5.19. The molecule has 1 saturated heterocycles. The third kappa shape index (κ3) is 3.93. The molecule has 1 aliphatic rings. The first-order chi connectivity index (χ1) is 9.20. The summed E-state index contributed by atoms with van der Waals surface area (Å²) in [5, 5.41) is 0.709. The number of hydrogen-bond donors (Lipinski definition) is 0. The van der Waals surface area contributed by atoms with Crippen LogP contribution in [-0.4, -0.2) is 39.6 Å². The summed E-state index contributed by atoms with van der Waals surface area (Å²) in [6.07, 6.45) is 4.66. The van der Waals surface area contributed by atoms with Gasteiger partial charge in [-0.2, -0.15) is 0 Å². The van der Waals surface area contributed by atoms with Crippen molar-refractivity contribution in [3.63, 3.8) is 0 Å². The lowest BCUT2D eigenvalue weighted by molar-refractivity contribution is 0.0754. The first kappa shape index (κ1) is 14.3. The van der Waals surface area contributed by atoms with Crippen LogP contribution in [0.15, 0.2) is 11.2 Å². The van der Waals surface area contributed by atoms with Crippen molar-refractivity contribution in [3.8, 4) is 0 Å². The van der Waals surface area contributed by atoms with Gasteiger partial charge in [0.05, 0.1) is 0 Å². The zero-order valence-corrected chi connectivity index (χ0v) is 12.5. The summed E-state index contributed by atoms with van der Waals surface area (Å²) in [6, 6.07) is 1.80. The maximum atomic E-state index is 12.5. The van der Waals surface area contributed by atoms with Crippen molar-refractivity contribution in [2.75, 3.05) is 18.8 Å². The summed E-state index contributed by atoms with van der Waals surface area (Å²) < 4.78 is 0. The molecule has 0 radical (unpaired) electrons. The number of thioether (sulfide) groups is 1. The van der Waals surface area contributed by atoms with Crippen LogP contribution in [0, 0.1) is 6.92 Å². The summed E-state index contributed by atoms with van der Waals surface area (Å²) in [7, 11) is 0. The Morgan fingerprint density at radius 2 is 1.95 bits per heavy atom. The molecule has 1 aliphatic heterocycles. The highest BCUT2D eigenvalue weighted by Crippen LogP contribution is 2.16. The van der Waals surface area contributed by atoms with Crippen LogP contribution < -0.4 is 0 Å². The first-order valence-electron chi connectivity index (χ1n) is 6.98. The Hall–Kier alpha value is -1.10. The molecule has 4 nitrogen and oxygen atoms in total. The molecule has 0 saturated carbocycles. The van der Waals surface area contributed by atoms with Gasteiger partial charge in [0.2, 0.25) is 0 Å². The SMILES string of the molecule is CCSc1nc(C)cc(C(=O)N2CCCCCC2)n1. The van der Waals surface area contributed by atoms with Gasteiger partial charge in [0, 0.05) is 18.8 Å². The Morgan fingerprint density at radius 1 is 1.26 bits per heavy atom. The van der Waals surface area contributed by atoms with Gasteiger partial charge in [-0.05, 0) is 31.6 Å². The smallest absolute Gasteiger partial charge is 0.272 e. The van der Waals surface area contributed by atoms with Crippen molar-refractivity contribution < 1.29 is 4.79 Å². The summed E-state index contributed by atoms with van der Waals surface area (Å²) in [6.45, 7) is 5.70. The maximum absolute atomic E-state index is 12.5. The maximum Gasteiger partial charge on any atom is 0.272 e. The second-order valence-corrected chi connectivity index (χ2v) is 6.05. The molecule has 0 aromatic carbocycles. The molecule has 0 N–H and O–H groups in total. The molecule has 0 bridgehead atoms. The van der Waals surface area contributed by atoms with Crippen molar-refractivity contribution >= 4 is 17.7 Å². The topological polar surface area (TPSA) is 46.1 Å². The third-order valence-corrected chi connectivity index (χ3v) is 3.95. The van der Waals surface area contributed by atoms with Crippen molar-refractivity contribution in [2.24, 2.45) is 0 Å². The van der Waals surface area contributed by atoms with Crippen LogP contribution in [0.3, 0.4) is 0 Å². The van der Waals surface area contributed by atoms with Crippen molar-refractivity contribution in [1.29, 1.82) is 0 Å². The predicted octanol–water partition coefficient (Wildman–Crippen LogP) is 2.91. The Morgan fingerprint density at radius 3 is 2.58 bits per heavy atom. The van der Waals surface area contributed by atoms with E-state index in [4.69, 9.17) is 0 Å². The Bertz CT molecular complexity index is 442. The van der Waals surface area contributed by atoms with Gasteiger partial charge >= 0.3 is 0 Å². The van der Waals surface area contributed by atoms with Crippen LogP contribution in [0.2, 0.25) is 0 Å². The molecule has 0 aliphatic carbocycles. The van der Waals surface area contributed by atoms with E-state index in [1.54, 1.807) is 17.8 Å². The zero-order chi connectivity index (χ0) is 13.7. The van der Waals surface area contributed by atoms with Crippen LogP contribution in [-0.2, 0) is 0 Å². The fourth-order valence-electron chi connectivity index (χ4n) is 2.28. The van der Waals surface area contributed by atoms with E-state index < -0.39 is 0 Å². The van der Waals surface area contributed by atoms with Crippen LogP contribution in [0.4, 0.5) is 0 Å². The van der Waals surface area contributed by atoms with E-state index in [1.165, 1.54) is 12.8 Å². The molecule has 0 unspecified atom stereocenters. The highest BCUT2D eigenvalue weighted by molar-refractivity contribution is 7.99. The molecule has 19 heavy (non-hydrogen) atoms. The molecule has 104 valence electrons. The number of hydrogen-bond acceptors (Lipinski definition) is 4. The number of rotatable bonds is 3. The van der Waals surface area contributed by atoms with Crippen LogP contribution in [0.25, 0.3) is 0 Å². The highest BCUT2D eigenvalue weighted by Gasteiger charge is 2.19. The van der Waals surface area contributed by atoms with Gasteiger partial charge in [0.15, 0.2) is 5.16 Å². The molecule has 1 amide bonds. The van der Waals surface area contributed by atoms with Gasteiger partial charge < -0.3 is 4.90 Å². The van der Waals surface area contributed by atoms with Crippen LogP contribution >= 0.6 is 11.8 Å². The van der Waals surface area contributed by atoms with E-state index in [0.29, 0.717) is 10.9 Å². The minimum absolute atomic E-state index is 0.0605. The molecule has 1 aromatic heterocycles. The second kappa shape index (κ2) is 6.89. The van der Waals surface area contributed by atoms with Crippen molar-refractivity contribution in [2.45, 2.75) is 44.7 Å². The largest absolute Gasteiger partial charge is 0.337 e. The van der Waals surface area contributed by atoms with Crippen molar-refractivity contribution in [1.82, 2.24) is 14.9 Å². The van der Waals surface area contributed by atoms with E-state index in [2.05, 4.69) is 16.9 Å². The minimum Gasteiger partial charge on any atom is -0.337 e. The van der Waals surface area contributed by atoms with E-state index in [-0.39, 0.29) is 5.91 Å². The lowest BCUT2D eigenvalue weighted by Gasteiger charge is -2.20. The molecule has 0 atom stereocenters.